The molecule has 1 aromatic carbocycles. The van der Waals surface area contributed by atoms with Crippen molar-refractivity contribution in [2.45, 2.75) is 50.0 Å². The Labute approximate surface area is 129 Å². The summed E-state index contributed by atoms with van der Waals surface area (Å²) in [6, 6.07) is 7.55. The molecule has 4 heteroatoms. The van der Waals surface area contributed by atoms with Crippen molar-refractivity contribution >= 4 is 9.84 Å². The quantitative estimate of drug-likeness (QED) is 0.527. The minimum Gasteiger partial charge on any atom is -0.310 e. The van der Waals surface area contributed by atoms with Gasteiger partial charge in [-0.05, 0) is 43.5 Å². The van der Waals surface area contributed by atoms with Gasteiger partial charge in [-0.1, -0.05) is 38.0 Å². The van der Waals surface area contributed by atoms with E-state index in [2.05, 4.69) is 18.8 Å². The molecule has 1 rings (SSSR count). The lowest BCUT2D eigenvalue weighted by molar-refractivity contribution is 0.483. The topological polar surface area (TPSA) is 46.2 Å². The van der Waals surface area contributed by atoms with Gasteiger partial charge >= 0.3 is 0 Å². The van der Waals surface area contributed by atoms with Crippen molar-refractivity contribution in [1.29, 1.82) is 0 Å². The zero-order valence-electron chi connectivity index (χ0n) is 13.1. The lowest BCUT2D eigenvalue weighted by Gasteiger charge is -2.18. The molecule has 0 saturated carbocycles. The first kappa shape index (κ1) is 17.9. The molecule has 0 aliphatic carbocycles. The van der Waals surface area contributed by atoms with E-state index in [-0.39, 0.29) is 0 Å². The fraction of sp³-hybridized carbons (Fsp3) is 0.529. The van der Waals surface area contributed by atoms with Gasteiger partial charge in [-0.3, -0.25) is 0 Å². The number of benzene rings is 1. The molecular formula is C17H27NO2S. The molecule has 3 nitrogen and oxygen atoms in total. The van der Waals surface area contributed by atoms with Crippen LogP contribution in [0.25, 0.3) is 0 Å². The molecule has 0 bridgehead atoms. The second-order valence-electron chi connectivity index (χ2n) is 5.38. The number of unbranched alkanes of at least 4 members (excludes halogenated alkanes) is 3. The van der Waals surface area contributed by atoms with Gasteiger partial charge in [0.25, 0.3) is 0 Å². The van der Waals surface area contributed by atoms with Crippen molar-refractivity contribution in [2.24, 2.45) is 0 Å². The predicted octanol–water partition coefficient (Wildman–Crippen LogP) is 3.88. The standard InChI is InChI=1S/C17H27NO2S/c1-4-6-7-8-9-10-17(18-5-2)15-11-13-16(14-12-15)21(3,19)20/h4,11-14,17-18H,1,5-10H2,2-3H3. The third-order valence-electron chi connectivity index (χ3n) is 3.56. The molecule has 1 aromatic rings. The van der Waals surface area contributed by atoms with Gasteiger partial charge in [-0.25, -0.2) is 8.42 Å². The number of hydrogen-bond acceptors (Lipinski definition) is 3. The van der Waals surface area contributed by atoms with Crippen LogP contribution in [0.15, 0.2) is 41.8 Å². The maximum atomic E-state index is 11.5. The average Bonchev–Trinajstić information content (AvgIpc) is 2.45. The highest BCUT2D eigenvalue weighted by molar-refractivity contribution is 7.90. The van der Waals surface area contributed by atoms with Crippen molar-refractivity contribution in [2.75, 3.05) is 12.8 Å². The molecule has 0 amide bonds. The van der Waals surface area contributed by atoms with E-state index in [0.29, 0.717) is 10.9 Å². The van der Waals surface area contributed by atoms with E-state index >= 15 is 0 Å². The largest absolute Gasteiger partial charge is 0.310 e. The van der Waals surface area contributed by atoms with Gasteiger partial charge in [0.05, 0.1) is 4.90 Å². The number of nitrogens with one attached hydrogen (secondary N) is 1. The van der Waals surface area contributed by atoms with Crippen LogP contribution in [-0.4, -0.2) is 21.2 Å². The molecule has 0 spiro atoms. The summed E-state index contributed by atoms with van der Waals surface area (Å²) in [5.74, 6) is 0. The minimum absolute atomic E-state index is 0.298. The highest BCUT2D eigenvalue weighted by atomic mass is 32.2. The number of sulfone groups is 1. The molecule has 0 saturated heterocycles. The number of allylic oxidation sites excluding steroid dienone is 1. The Hall–Kier alpha value is -1.13. The summed E-state index contributed by atoms with van der Waals surface area (Å²) in [6.07, 6.45) is 8.91. The van der Waals surface area contributed by atoms with Gasteiger partial charge in [-0.2, -0.15) is 0 Å². The Morgan fingerprint density at radius 3 is 2.38 bits per heavy atom. The molecule has 1 unspecified atom stereocenters. The predicted molar refractivity (Wildman–Crippen MR) is 89.3 cm³/mol. The van der Waals surface area contributed by atoms with Crippen LogP contribution in [-0.2, 0) is 9.84 Å². The Morgan fingerprint density at radius 1 is 1.19 bits per heavy atom. The van der Waals surface area contributed by atoms with Crippen LogP contribution in [0.5, 0.6) is 0 Å². The third-order valence-corrected chi connectivity index (χ3v) is 4.69. The number of hydrogen-bond donors (Lipinski definition) is 1. The van der Waals surface area contributed by atoms with Crippen LogP contribution in [0.3, 0.4) is 0 Å². The highest BCUT2D eigenvalue weighted by Gasteiger charge is 2.12. The van der Waals surface area contributed by atoms with E-state index in [0.717, 1.165) is 24.9 Å². The summed E-state index contributed by atoms with van der Waals surface area (Å²) in [7, 11) is -3.11. The van der Waals surface area contributed by atoms with Crippen molar-refractivity contribution in [1.82, 2.24) is 5.32 Å². The second-order valence-corrected chi connectivity index (χ2v) is 7.39. The second kappa shape index (κ2) is 9.00. The molecule has 0 aliphatic heterocycles. The summed E-state index contributed by atoms with van der Waals surface area (Å²) >= 11 is 0. The normalized spacial score (nSPS) is 13.0. The van der Waals surface area contributed by atoms with Crippen LogP contribution < -0.4 is 5.32 Å². The summed E-state index contributed by atoms with van der Waals surface area (Å²) in [6.45, 7) is 6.74. The van der Waals surface area contributed by atoms with Crippen LogP contribution >= 0.6 is 0 Å². The van der Waals surface area contributed by atoms with Crippen LogP contribution in [0.1, 0.15) is 50.6 Å². The molecule has 0 fully saturated rings. The summed E-state index contributed by atoms with van der Waals surface area (Å²) < 4.78 is 23.0. The van der Waals surface area contributed by atoms with Crippen molar-refractivity contribution < 1.29 is 8.42 Å². The SMILES string of the molecule is C=CCCCCCC(NCC)c1ccc(S(C)(=O)=O)cc1. The zero-order chi connectivity index (χ0) is 15.7. The fourth-order valence-corrected chi connectivity index (χ4v) is 3.02. The number of rotatable bonds is 10. The van der Waals surface area contributed by atoms with E-state index in [9.17, 15) is 8.42 Å². The average molecular weight is 309 g/mol. The molecular weight excluding hydrogens is 282 g/mol. The van der Waals surface area contributed by atoms with Gasteiger partial charge in [0.1, 0.15) is 0 Å². The Kier molecular flexibility index (Phi) is 7.68. The Bertz CT molecular complexity index is 520. The molecule has 0 aromatic heterocycles. The smallest absolute Gasteiger partial charge is 0.175 e. The van der Waals surface area contributed by atoms with Gasteiger partial charge in [0, 0.05) is 12.3 Å². The lowest BCUT2D eigenvalue weighted by atomic mass is 10.00. The first-order valence-electron chi connectivity index (χ1n) is 7.63. The zero-order valence-corrected chi connectivity index (χ0v) is 14.0. The maximum absolute atomic E-state index is 11.5. The van der Waals surface area contributed by atoms with E-state index in [1.54, 1.807) is 12.1 Å². The summed E-state index contributed by atoms with van der Waals surface area (Å²) in [5, 5.41) is 3.48. The van der Waals surface area contributed by atoms with Crippen LogP contribution in [0.4, 0.5) is 0 Å². The molecule has 118 valence electrons. The van der Waals surface area contributed by atoms with Gasteiger partial charge in [0.15, 0.2) is 9.84 Å². The summed E-state index contributed by atoms with van der Waals surface area (Å²) in [4.78, 5) is 0.382. The van der Waals surface area contributed by atoms with Crippen LogP contribution in [0, 0.1) is 0 Å². The van der Waals surface area contributed by atoms with Crippen LogP contribution in [0.2, 0.25) is 0 Å². The van der Waals surface area contributed by atoms with E-state index in [1.807, 2.05) is 18.2 Å². The highest BCUT2D eigenvalue weighted by Crippen LogP contribution is 2.22. The Morgan fingerprint density at radius 2 is 1.86 bits per heavy atom. The van der Waals surface area contributed by atoms with Gasteiger partial charge in [-0.15, -0.1) is 6.58 Å². The first-order valence-corrected chi connectivity index (χ1v) is 9.52. The lowest BCUT2D eigenvalue weighted by Crippen LogP contribution is -2.20. The van der Waals surface area contributed by atoms with Crippen molar-refractivity contribution in [3.63, 3.8) is 0 Å². The molecule has 0 radical (unpaired) electrons. The van der Waals surface area contributed by atoms with Gasteiger partial charge in [0.2, 0.25) is 0 Å². The van der Waals surface area contributed by atoms with Gasteiger partial charge < -0.3 is 5.32 Å². The minimum atomic E-state index is -3.11. The Balaban J connectivity index is 2.65. The maximum Gasteiger partial charge on any atom is 0.175 e. The molecule has 1 N–H and O–H groups in total. The third kappa shape index (κ3) is 6.44. The summed E-state index contributed by atoms with van der Waals surface area (Å²) in [5.41, 5.74) is 1.16. The van der Waals surface area contributed by atoms with E-state index in [1.165, 1.54) is 25.5 Å². The van der Waals surface area contributed by atoms with Crippen molar-refractivity contribution in [3.8, 4) is 0 Å². The molecule has 0 heterocycles. The fourth-order valence-electron chi connectivity index (χ4n) is 2.39. The first-order chi connectivity index (χ1) is 9.99. The molecule has 21 heavy (non-hydrogen) atoms. The monoisotopic (exact) mass is 309 g/mol. The van der Waals surface area contributed by atoms with E-state index < -0.39 is 9.84 Å². The van der Waals surface area contributed by atoms with Crippen molar-refractivity contribution in [3.05, 3.63) is 42.5 Å². The van der Waals surface area contributed by atoms with E-state index in [4.69, 9.17) is 0 Å². The molecule has 0 aliphatic rings. The molecule has 1 atom stereocenters.